The number of hydrogen-bond donors (Lipinski definition) is 0. The summed E-state index contributed by atoms with van der Waals surface area (Å²) in [5, 5.41) is 0. The number of amides is 2. The van der Waals surface area contributed by atoms with Gasteiger partial charge < -0.3 is 4.74 Å². The van der Waals surface area contributed by atoms with Gasteiger partial charge in [-0.1, -0.05) is 48.0 Å². The number of imide groups is 1. The molecule has 0 fully saturated rings. The third kappa shape index (κ3) is 4.65. The lowest BCUT2D eigenvalue weighted by molar-refractivity contribution is -0.121. The standard InChI is InChI=1S/C28H28FNO5S/c1-19-10-15-24-23(18-19)28(20-11-13-21(29)14-12-20,25(31)30(24)26(32)35-27(2,3)4)16-17-36(33,34)22-8-6-5-7-9-22/h5-15,18H,16-17H2,1-4H3/t28-/m1/s1. The van der Waals surface area contributed by atoms with Gasteiger partial charge in [-0.25, -0.2) is 22.5 Å². The van der Waals surface area contributed by atoms with Gasteiger partial charge >= 0.3 is 6.09 Å². The molecule has 0 N–H and O–H groups in total. The fraction of sp³-hybridized carbons (Fsp3) is 0.286. The topological polar surface area (TPSA) is 80.8 Å². The number of fused-ring (bicyclic) bond motifs is 1. The fourth-order valence-electron chi connectivity index (χ4n) is 4.52. The molecule has 0 saturated carbocycles. The van der Waals surface area contributed by atoms with Crippen LogP contribution in [0.5, 0.6) is 0 Å². The van der Waals surface area contributed by atoms with Crippen molar-refractivity contribution in [1.82, 2.24) is 0 Å². The first kappa shape index (κ1) is 25.6. The van der Waals surface area contributed by atoms with Gasteiger partial charge in [-0.3, -0.25) is 4.79 Å². The van der Waals surface area contributed by atoms with Crippen molar-refractivity contribution in [1.29, 1.82) is 0 Å². The van der Waals surface area contributed by atoms with Gasteiger partial charge in [0.15, 0.2) is 9.84 Å². The van der Waals surface area contributed by atoms with Crippen LogP contribution in [0.1, 0.15) is 43.9 Å². The number of aryl methyl sites for hydroxylation is 1. The van der Waals surface area contributed by atoms with Crippen LogP contribution < -0.4 is 4.90 Å². The quantitative estimate of drug-likeness (QED) is 0.450. The molecule has 8 heteroatoms. The number of anilines is 1. The minimum atomic E-state index is -3.77. The lowest BCUT2D eigenvalue weighted by Gasteiger charge is -2.30. The molecule has 1 heterocycles. The van der Waals surface area contributed by atoms with Crippen LogP contribution in [0.4, 0.5) is 14.9 Å². The van der Waals surface area contributed by atoms with E-state index >= 15 is 0 Å². The van der Waals surface area contributed by atoms with Crippen molar-refractivity contribution >= 4 is 27.5 Å². The number of benzene rings is 3. The Balaban J connectivity index is 1.89. The largest absolute Gasteiger partial charge is 0.443 e. The summed E-state index contributed by atoms with van der Waals surface area (Å²) in [5.74, 6) is -1.49. The van der Waals surface area contributed by atoms with Gasteiger partial charge in [0.05, 0.1) is 16.3 Å². The van der Waals surface area contributed by atoms with Gasteiger partial charge in [0, 0.05) is 0 Å². The molecule has 36 heavy (non-hydrogen) atoms. The van der Waals surface area contributed by atoms with Gasteiger partial charge in [-0.15, -0.1) is 0 Å². The Morgan fingerprint density at radius 2 is 1.64 bits per heavy atom. The second kappa shape index (κ2) is 9.17. The molecule has 0 saturated heterocycles. The molecule has 3 aromatic carbocycles. The maximum Gasteiger partial charge on any atom is 0.421 e. The zero-order chi connectivity index (χ0) is 26.3. The van der Waals surface area contributed by atoms with Gasteiger partial charge in [0.2, 0.25) is 0 Å². The molecule has 6 nitrogen and oxygen atoms in total. The maximum absolute atomic E-state index is 14.2. The molecular formula is C28H28FNO5S. The molecule has 188 valence electrons. The third-order valence-electron chi connectivity index (χ3n) is 6.18. The van der Waals surface area contributed by atoms with Crippen molar-refractivity contribution < 1.29 is 27.1 Å². The highest BCUT2D eigenvalue weighted by molar-refractivity contribution is 7.91. The summed E-state index contributed by atoms with van der Waals surface area (Å²) in [6.45, 7) is 6.93. The lowest BCUT2D eigenvalue weighted by atomic mass is 9.73. The van der Waals surface area contributed by atoms with Crippen molar-refractivity contribution in [2.24, 2.45) is 0 Å². The monoisotopic (exact) mass is 509 g/mol. The third-order valence-corrected chi connectivity index (χ3v) is 7.91. The highest BCUT2D eigenvalue weighted by Crippen LogP contribution is 2.49. The number of halogens is 1. The summed E-state index contributed by atoms with van der Waals surface area (Å²) < 4.78 is 45.9. The summed E-state index contributed by atoms with van der Waals surface area (Å²) in [6.07, 6.45) is -1.00. The van der Waals surface area contributed by atoms with E-state index in [4.69, 9.17) is 4.74 Å². The second-order valence-corrected chi connectivity index (χ2v) is 12.0. The Morgan fingerprint density at radius 3 is 2.25 bits per heavy atom. The predicted octanol–water partition coefficient (Wildman–Crippen LogP) is 5.57. The number of rotatable bonds is 5. The Hall–Kier alpha value is -3.52. The van der Waals surface area contributed by atoms with Crippen molar-refractivity contribution in [3.63, 3.8) is 0 Å². The second-order valence-electron chi connectivity index (χ2n) is 9.94. The van der Waals surface area contributed by atoms with Crippen LogP contribution in [0.2, 0.25) is 0 Å². The molecule has 1 atom stereocenters. The van der Waals surface area contributed by atoms with Crippen LogP contribution >= 0.6 is 0 Å². The van der Waals surface area contributed by atoms with Crippen LogP contribution in [-0.2, 0) is 24.8 Å². The van der Waals surface area contributed by atoms with Crippen molar-refractivity contribution in [3.05, 3.63) is 95.3 Å². The van der Waals surface area contributed by atoms with E-state index in [0.29, 0.717) is 16.8 Å². The Morgan fingerprint density at radius 1 is 1.00 bits per heavy atom. The number of carbonyl (C=O) groups is 2. The minimum absolute atomic E-state index is 0.137. The molecule has 1 aliphatic heterocycles. The summed E-state index contributed by atoms with van der Waals surface area (Å²) in [4.78, 5) is 28.5. The first-order valence-corrected chi connectivity index (χ1v) is 13.2. The van der Waals surface area contributed by atoms with E-state index in [-0.39, 0.29) is 17.1 Å². The zero-order valence-electron chi connectivity index (χ0n) is 20.6. The van der Waals surface area contributed by atoms with Crippen molar-refractivity contribution in [2.45, 2.75) is 50.0 Å². The lowest BCUT2D eigenvalue weighted by Crippen LogP contribution is -2.46. The predicted molar refractivity (Wildman–Crippen MR) is 135 cm³/mol. The number of carbonyl (C=O) groups excluding carboxylic acids is 2. The Bertz CT molecular complexity index is 1410. The average molecular weight is 510 g/mol. The Kier molecular flexibility index (Phi) is 6.51. The van der Waals surface area contributed by atoms with Crippen LogP contribution in [0.3, 0.4) is 0 Å². The molecule has 1 aliphatic rings. The van der Waals surface area contributed by atoms with Gasteiger partial charge in [-0.05, 0) is 75.6 Å². The molecule has 4 rings (SSSR count). The zero-order valence-corrected chi connectivity index (χ0v) is 21.4. The molecular weight excluding hydrogens is 481 g/mol. The summed E-state index contributed by atoms with van der Waals surface area (Å²) in [6, 6.07) is 18.6. The molecule has 0 aromatic heterocycles. The fourth-order valence-corrected chi connectivity index (χ4v) is 5.91. The van der Waals surface area contributed by atoms with Crippen molar-refractivity contribution in [2.75, 3.05) is 10.7 Å². The van der Waals surface area contributed by atoms with E-state index in [1.807, 2.05) is 6.92 Å². The molecule has 0 spiro atoms. The molecule has 0 bridgehead atoms. The first-order chi connectivity index (χ1) is 16.8. The first-order valence-electron chi connectivity index (χ1n) is 11.6. The van der Waals surface area contributed by atoms with Crippen molar-refractivity contribution in [3.8, 4) is 0 Å². The molecule has 3 aromatic rings. The Labute approximate surface area is 210 Å². The van der Waals surface area contributed by atoms with Crippen LogP contribution in [-0.4, -0.2) is 31.8 Å². The van der Waals surface area contributed by atoms with E-state index in [1.165, 1.54) is 36.4 Å². The normalized spacial score (nSPS) is 17.7. The number of sulfone groups is 1. The molecule has 0 radical (unpaired) electrons. The van der Waals surface area contributed by atoms with Gasteiger partial charge in [0.1, 0.15) is 16.8 Å². The number of hydrogen-bond acceptors (Lipinski definition) is 5. The number of nitrogens with zero attached hydrogens (tertiary/aromatic N) is 1. The highest BCUT2D eigenvalue weighted by atomic mass is 32.2. The van der Waals surface area contributed by atoms with E-state index in [9.17, 15) is 22.4 Å². The number of ether oxygens (including phenoxy) is 1. The highest BCUT2D eigenvalue weighted by Gasteiger charge is 2.55. The molecule has 2 amide bonds. The molecule has 0 aliphatic carbocycles. The summed E-state index contributed by atoms with van der Waals surface area (Å²) in [7, 11) is -3.77. The van der Waals surface area contributed by atoms with Crippen LogP contribution in [0.25, 0.3) is 0 Å². The van der Waals surface area contributed by atoms with Crippen LogP contribution in [0.15, 0.2) is 77.7 Å². The van der Waals surface area contributed by atoms with Crippen LogP contribution in [0, 0.1) is 12.7 Å². The maximum atomic E-state index is 14.2. The summed E-state index contributed by atoms with van der Waals surface area (Å²) in [5.41, 5.74) is -0.372. The smallest absolute Gasteiger partial charge is 0.421 e. The SMILES string of the molecule is Cc1ccc2c(c1)[C@@](CCS(=O)(=O)c1ccccc1)(c1ccc(F)cc1)C(=O)N2C(=O)OC(C)(C)C. The van der Waals surface area contributed by atoms with E-state index < -0.39 is 38.7 Å². The van der Waals surface area contributed by atoms with E-state index in [2.05, 4.69) is 0 Å². The average Bonchev–Trinajstić information content (AvgIpc) is 3.05. The van der Waals surface area contributed by atoms with E-state index in [1.54, 1.807) is 57.2 Å². The van der Waals surface area contributed by atoms with Gasteiger partial charge in [-0.2, -0.15) is 0 Å². The van der Waals surface area contributed by atoms with Gasteiger partial charge in [0.25, 0.3) is 5.91 Å². The molecule has 0 unspecified atom stereocenters. The minimum Gasteiger partial charge on any atom is -0.443 e. The summed E-state index contributed by atoms with van der Waals surface area (Å²) >= 11 is 0. The van der Waals surface area contributed by atoms with E-state index in [0.717, 1.165) is 10.5 Å².